The van der Waals surface area contributed by atoms with Crippen LogP contribution in [-0.4, -0.2) is 22.2 Å². The second-order valence-electron chi connectivity index (χ2n) is 4.41. The largest absolute Gasteiger partial charge is 0.478 e. The Morgan fingerprint density at radius 2 is 1.15 bits per heavy atom. The van der Waals surface area contributed by atoms with Crippen LogP contribution in [0.5, 0.6) is 0 Å². The number of nitrogen functional groups attached to an aromatic ring is 1. The summed E-state index contributed by atoms with van der Waals surface area (Å²) in [7, 11) is 0. The molecule has 0 saturated carbocycles. The Morgan fingerprint density at radius 1 is 0.769 bits per heavy atom. The maximum atomic E-state index is 12.7. The summed E-state index contributed by atoms with van der Waals surface area (Å²) in [4.78, 5) is 20.4. The van der Waals surface area contributed by atoms with E-state index in [9.17, 15) is 35.9 Å². The van der Waals surface area contributed by atoms with E-state index in [2.05, 4.69) is 0 Å². The first kappa shape index (κ1) is 21.1. The first-order valence-electron chi connectivity index (χ1n) is 6.12. The number of carboxylic acids is 2. The Labute approximate surface area is 145 Å². The molecule has 26 heavy (non-hydrogen) atoms. The van der Waals surface area contributed by atoms with Gasteiger partial charge in [0.1, 0.15) is 33.5 Å². The summed E-state index contributed by atoms with van der Waals surface area (Å²) in [6, 6.07) is 0.652. The summed E-state index contributed by atoms with van der Waals surface area (Å²) in [5.74, 6) is -12.8. The number of aromatic carboxylic acids is 2. The van der Waals surface area contributed by atoms with E-state index in [0.717, 1.165) is 0 Å². The number of nitrogens with two attached hydrogens (primary N) is 1. The first-order valence-corrected chi connectivity index (χ1v) is 6.50. The van der Waals surface area contributed by atoms with Crippen molar-refractivity contribution < 1.29 is 46.1 Å². The van der Waals surface area contributed by atoms with Crippen LogP contribution in [-0.2, 0) is 0 Å². The Kier molecular flexibility index (Phi) is 6.45. The Morgan fingerprint density at radius 3 is 1.58 bits per heavy atom. The predicted molar refractivity (Wildman–Crippen MR) is 76.0 cm³/mol. The molecule has 0 atom stereocenters. The van der Waals surface area contributed by atoms with E-state index < -0.39 is 68.7 Å². The van der Waals surface area contributed by atoms with Crippen LogP contribution in [0.15, 0.2) is 12.1 Å². The molecule has 0 aliphatic heterocycles. The van der Waals surface area contributed by atoms with Crippen molar-refractivity contribution in [3.63, 3.8) is 0 Å². The van der Waals surface area contributed by atoms with Gasteiger partial charge in [0.25, 0.3) is 0 Å². The van der Waals surface area contributed by atoms with Gasteiger partial charge in [-0.25, -0.2) is 35.9 Å². The first-order chi connectivity index (χ1) is 11.9. The topological polar surface area (TPSA) is 101 Å². The van der Waals surface area contributed by atoms with Crippen LogP contribution in [0.1, 0.15) is 20.7 Å². The van der Waals surface area contributed by atoms with E-state index in [4.69, 9.17) is 27.5 Å². The maximum Gasteiger partial charge on any atom is 0.338 e. The molecular formula is C14H6ClF6NO4. The van der Waals surface area contributed by atoms with Crippen molar-refractivity contribution in [2.75, 3.05) is 5.73 Å². The van der Waals surface area contributed by atoms with Gasteiger partial charge in [-0.1, -0.05) is 11.6 Å². The number of anilines is 1. The molecule has 2 aromatic carbocycles. The average molecular weight is 402 g/mol. The molecule has 0 saturated heterocycles. The molecule has 0 aliphatic carbocycles. The molecule has 0 aliphatic rings. The highest BCUT2D eigenvalue weighted by molar-refractivity contribution is 6.31. The van der Waals surface area contributed by atoms with Gasteiger partial charge in [0, 0.05) is 0 Å². The fraction of sp³-hybridized carbons (Fsp3) is 0. The average Bonchev–Trinajstić information content (AvgIpc) is 2.57. The van der Waals surface area contributed by atoms with Crippen molar-refractivity contribution in [1.29, 1.82) is 0 Å². The number of carbonyl (C=O) groups is 2. The fourth-order valence-electron chi connectivity index (χ4n) is 1.49. The van der Waals surface area contributed by atoms with Crippen molar-refractivity contribution in [3.8, 4) is 0 Å². The molecule has 0 radical (unpaired) electrons. The summed E-state index contributed by atoms with van der Waals surface area (Å²) in [6.07, 6.45) is 0. The summed E-state index contributed by atoms with van der Waals surface area (Å²) in [5.41, 5.74) is 1.58. The van der Waals surface area contributed by atoms with E-state index in [0.29, 0.717) is 12.1 Å². The number of hydrogen-bond donors (Lipinski definition) is 3. The zero-order valence-electron chi connectivity index (χ0n) is 12.1. The quantitative estimate of drug-likeness (QED) is 0.307. The number of rotatable bonds is 2. The van der Waals surface area contributed by atoms with Crippen LogP contribution in [0.4, 0.5) is 32.0 Å². The van der Waals surface area contributed by atoms with Gasteiger partial charge in [-0.2, -0.15) is 0 Å². The third-order valence-electron chi connectivity index (χ3n) is 2.76. The standard InChI is InChI=1S/C7H2ClF3O2.C7H4F3NO2/c8-4-3(9)1-2(7(12)13)5(10)6(4)11;8-3-1-2(7(12)13)4(9)5(10)6(3)11/h1H,(H,12,13);1H,11H2,(H,12,13). The molecule has 2 aromatic rings. The summed E-state index contributed by atoms with van der Waals surface area (Å²) >= 11 is 4.98. The highest BCUT2D eigenvalue weighted by Crippen LogP contribution is 2.24. The van der Waals surface area contributed by atoms with Crippen LogP contribution < -0.4 is 5.73 Å². The SMILES string of the molecule is Nc1c(F)cc(C(=O)O)c(F)c1F.O=C(O)c1cc(F)c(Cl)c(F)c1F. The Balaban J connectivity index is 0.000000260. The van der Waals surface area contributed by atoms with Crippen LogP contribution >= 0.6 is 11.6 Å². The zero-order valence-corrected chi connectivity index (χ0v) is 12.8. The lowest BCUT2D eigenvalue weighted by molar-refractivity contribution is 0.0679. The normalized spacial score (nSPS) is 10.1. The molecule has 5 nitrogen and oxygen atoms in total. The highest BCUT2D eigenvalue weighted by atomic mass is 35.5. The second-order valence-corrected chi connectivity index (χ2v) is 4.78. The lowest BCUT2D eigenvalue weighted by Gasteiger charge is -2.02. The molecular weight excluding hydrogens is 396 g/mol. The lowest BCUT2D eigenvalue weighted by Crippen LogP contribution is -2.07. The van der Waals surface area contributed by atoms with E-state index >= 15 is 0 Å². The number of hydrogen-bond acceptors (Lipinski definition) is 3. The molecule has 0 spiro atoms. The number of carboxylic acid groups (broad SMARTS) is 2. The van der Waals surface area contributed by atoms with Crippen LogP contribution in [0.3, 0.4) is 0 Å². The Hall–Kier alpha value is -2.95. The molecule has 2 rings (SSSR count). The molecule has 0 amide bonds. The Bertz CT molecular complexity index is 832. The number of benzene rings is 2. The minimum Gasteiger partial charge on any atom is -0.478 e. The third kappa shape index (κ3) is 4.17. The summed E-state index contributed by atoms with van der Waals surface area (Å²) < 4.78 is 75.8. The van der Waals surface area contributed by atoms with Crippen molar-refractivity contribution in [2.24, 2.45) is 0 Å². The van der Waals surface area contributed by atoms with Gasteiger partial charge >= 0.3 is 11.9 Å². The minimum absolute atomic E-state index is 0.322. The molecule has 12 heteroatoms. The second kappa shape index (κ2) is 7.95. The van der Waals surface area contributed by atoms with E-state index in [1.165, 1.54) is 0 Å². The smallest absolute Gasteiger partial charge is 0.338 e. The molecule has 0 unspecified atom stereocenters. The van der Waals surface area contributed by atoms with Gasteiger partial charge < -0.3 is 15.9 Å². The van der Waals surface area contributed by atoms with Gasteiger partial charge in [0.2, 0.25) is 0 Å². The van der Waals surface area contributed by atoms with Crippen molar-refractivity contribution in [3.05, 3.63) is 63.2 Å². The molecule has 0 bridgehead atoms. The van der Waals surface area contributed by atoms with Crippen molar-refractivity contribution >= 4 is 29.2 Å². The van der Waals surface area contributed by atoms with E-state index in [-0.39, 0.29) is 0 Å². The third-order valence-corrected chi connectivity index (χ3v) is 3.10. The summed E-state index contributed by atoms with van der Waals surface area (Å²) in [6.45, 7) is 0. The van der Waals surface area contributed by atoms with Gasteiger partial charge in [-0.05, 0) is 12.1 Å². The van der Waals surface area contributed by atoms with Gasteiger partial charge in [-0.3, -0.25) is 0 Å². The minimum atomic E-state index is -1.76. The van der Waals surface area contributed by atoms with Gasteiger partial charge in [-0.15, -0.1) is 0 Å². The van der Waals surface area contributed by atoms with E-state index in [1.54, 1.807) is 0 Å². The molecule has 140 valence electrons. The molecule has 4 N–H and O–H groups in total. The number of halogens is 7. The van der Waals surface area contributed by atoms with Crippen molar-refractivity contribution in [2.45, 2.75) is 0 Å². The maximum absolute atomic E-state index is 12.7. The highest BCUT2D eigenvalue weighted by Gasteiger charge is 2.21. The molecule has 0 heterocycles. The molecule has 0 aromatic heterocycles. The van der Waals surface area contributed by atoms with Gasteiger partial charge in [0.05, 0.1) is 0 Å². The lowest BCUT2D eigenvalue weighted by atomic mass is 10.2. The van der Waals surface area contributed by atoms with Crippen molar-refractivity contribution in [1.82, 2.24) is 0 Å². The fourth-order valence-corrected chi connectivity index (χ4v) is 1.63. The van der Waals surface area contributed by atoms with Crippen LogP contribution in [0, 0.1) is 34.9 Å². The van der Waals surface area contributed by atoms with Crippen LogP contribution in [0.25, 0.3) is 0 Å². The van der Waals surface area contributed by atoms with E-state index in [1.807, 2.05) is 0 Å². The van der Waals surface area contributed by atoms with Crippen LogP contribution in [0.2, 0.25) is 5.02 Å². The summed E-state index contributed by atoms with van der Waals surface area (Å²) in [5, 5.41) is 15.5. The zero-order chi connectivity index (χ0) is 20.3. The van der Waals surface area contributed by atoms with Gasteiger partial charge in [0.15, 0.2) is 23.3 Å². The molecule has 0 fully saturated rings. The predicted octanol–water partition coefficient (Wildman–Crippen LogP) is 3.84. The monoisotopic (exact) mass is 401 g/mol.